The third-order valence-corrected chi connectivity index (χ3v) is 9.72. The smallest absolute Gasteiger partial charge is 0.161 e. The van der Waals surface area contributed by atoms with Crippen molar-refractivity contribution >= 4 is 0 Å². The van der Waals surface area contributed by atoms with Gasteiger partial charge in [0, 0.05) is 0 Å². The third kappa shape index (κ3) is 7.90. The van der Waals surface area contributed by atoms with Crippen LogP contribution in [-0.4, -0.2) is 61.1 Å². The molecule has 0 amide bonds. The van der Waals surface area contributed by atoms with Crippen LogP contribution >= 0.6 is 0 Å². The van der Waals surface area contributed by atoms with Crippen molar-refractivity contribution in [3.63, 3.8) is 0 Å². The number of phenols is 2. The number of aliphatic hydroxyl groups excluding tert-OH is 2. The number of hydrogen-bond donors (Lipinski definition) is 4. The largest absolute Gasteiger partial charge is 0.504 e. The Bertz CT molecular complexity index is 1660. The van der Waals surface area contributed by atoms with Crippen LogP contribution in [0.4, 0.5) is 0 Å². The van der Waals surface area contributed by atoms with Crippen molar-refractivity contribution in [3.05, 3.63) is 95.1 Å². The lowest BCUT2D eigenvalue weighted by molar-refractivity contribution is 0.0281. The summed E-state index contributed by atoms with van der Waals surface area (Å²) in [5.41, 5.74) is 2.94. The second-order valence-electron chi connectivity index (χ2n) is 12.9. The van der Waals surface area contributed by atoms with E-state index in [9.17, 15) is 20.4 Å². The lowest BCUT2D eigenvalue weighted by Crippen LogP contribution is -2.22. The van der Waals surface area contributed by atoms with E-state index >= 15 is 0 Å². The molecule has 1 aliphatic heterocycles. The van der Waals surface area contributed by atoms with Gasteiger partial charge in [-0.3, -0.25) is 0 Å². The highest BCUT2D eigenvalue weighted by molar-refractivity contribution is 5.47. The molecule has 5 rings (SSSR count). The summed E-state index contributed by atoms with van der Waals surface area (Å²) in [5.74, 6) is 2.75. The van der Waals surface area contributed by atoms with Gasteiger partial charge in [-0.2, -0.15) is 0 Å². The molecule has 274 valence electrons. The third-order valence-electron chi connectivity index (χ3n) is 9.72. The first kappa shape index (κ1) is 37.4. The fourth-order valence-electron chi connectivity index (χ4n) is 6.47. The van der Waals surface area contributed by atoms with Crippen molar-refractivity contribution in [2.75, 3.05) is 28.4 Å². The highest BCUT2D eigenvalue weighted by Gasteiger charge is 2.41. The van der Waals surface area contributed by atoms with Gasteiger partial charge in [-0.1, -0.05) is 38.1 Å². The SMILES string of the molecule is COc1cc([C@@H](O)[C@@H](C)Oc2ccc([C@H]3O[C@H](c4ccc(O[C@H](C)[C@H](O)c5ccc(O)c(OC)c5)c(OC)c4)[C@H](C)[C@H]3C)cc2OC)ccc1O. The van der Waals surface area contributed by atoms with Crippen LogP contribution < -0.4 is 28.4 Å². The Hall–Kier alpha value is -4.84. The van der Waals surface area contributed by atoms with Gasteiger partial charge in [0.15, 0.2) is 46.0 Å². The van der Waals surface area contributed by atoms with E-state index < -0.39 is 24.4 Å². The summed E-state index contributed by atoms with van der Waals surface area (Å²) < 4.78 is 40.8. The Morgan fingerprint density at radius 2 is 0.882 bits per heavy atom. The standard InChI is InChI=1S/C40H48O11/c1-21-22(2)40(28-12-16-32(36(20-28)48-8)50-24(4)38(44)26-10-14-30(42)34(18-26)46-6)51-39(21)27-11-15-31(35(19-27)47-7)49-23(3)37(43)25-9-13-29(41)33(17-25)45-5/h9-24,37-44H,1-8H3/t21-,22-,23-,24-,37+,38+,39+,40+/m1/s1. The molecule has 51 heavy (non-hydrogen) atoms. The molecule has 0 aliphatic carbocycles. The van der Waals surface area contributed by atoms with Crippen molar-refractivity contribution in [3.8, 4) is 46.0 Å². The number of ether oxygens (including phenoxy) is 7. The van der Waals surface area contributed by atoms with Crippen molar-refractivity contribution in [2.24, 2.45) is 11.8 Å². The lowest BCUT2D eigenvalue weighted by Gasteiger charge is -2.24. The molecule has 4 aromatic carbocycles. The summed E-state index contributed by atoms with van der Waals surface area (Å²) >= 11 is 0. The first-order valence-electron chi connectivity index (χ1n) is 16.8. The fourth-order valence-corrected chi connectivity index (χ4v) is 6.47. The van der Waals surface area contributed by atoms with E-state index in [0.29, 0.717) is 34.1 Å². The molecule has 1 heterocycles. The quantitative estimate of drug-likeness (QED) is 0.106. The van der Waals surface area contributed by atoms with Gasteiger partial charge in [0.2, 0.25) is 0 Å². The highest BCUT2D eigenvalue weighted by Crippen LogP contribution is 2.51. The first-order chi connectivity index (χ1) is 24.4. The average Bonchev–Trinajstić information content (AvgIpc) is 3.44. The average molecular weight is 705 g/mol. The normalized spacial score (nSPS) is 20.9. The van der Waals surface area contributed by atoms with Gasteiger partial charge in [0.05, 0.1) is 40.6 Å². The van der Waals surface area contributed by atoms with E-state index in [1.165, 1.54) is 26.4 Å². The van der Waals surface area contributed by atoms with Crippen LogP contribution in [0.15, 0.2) is 72.8 Å². The van der Waals surface area contributed by atoms with Crippen LogP contribution in [0.25, 0.3) is 0 Å². The Labute approximate surface area is 298 Å². The number of rotatable bonds is 14. The predicted octanol–water partition coefficient (Wildman–Crippen LogP) is 7.22. The summed E-state index contributed by atoms with van der Waals surface area (Å²) in [4.78, 5) is 0. The van der Waals surface area contributed by atoms with E-state index in [2.05, 4.69) is 13.8 Å². The maximum Gasteiger partial charge on any atom is 0.161 e. The van der Waals surface area contributed by atoms with Crippen LogP contribution in [0, 0.1) is 11.8 Å². The number of aromatic hydroxyl groups is 2. The summed E-state index contributed by atoms with van der Waals surface area (Å²) in [6.07, 6.45) is -3.74. The molecule has 1 saturated heterocycles. The molecule has 11 nitrogen and oxygen atoms in total. The number of phenolic OH excluding ortho intramolecular Hbond substituents is 2. The van der Waals surface area contributed by atoms with Gasteiger partial charge in [-0.15, -0.1) is 0 Å². The van der Waals surface area contributed by atoms with Crippen LogP contribution in [0.5, 0.6) is 46.0 Å². The Balaban J connectivity index is 1.29. The summed E-state index contributed by atoms with van der Waals surface area (Å²) in [5, 5.41) is 41.8. The molecular formula is C40H48O11. The molecule has 8 atom stereocenters. The summed E-state index contributed by atoms with van der Waals surface area (Å²) in [6.45, 7) is 7.83. The zero-order chi connectivity index (χ0) is 37.0. The number of benzene rings is 4. The molecule has 0 spiro atoms. The van der Waals surface area contributed by atoms with E-state index in [4.69, 9.17) is 33.2 Å². The zero-order valence-corrected chi connectivity index (χ0v) is 30.2. The molecule has 0 bridgehead atoms. The molecule has 1 fully saturated rings. The highest BCUT2D eigenvalue weighted by atomic mass is 16.5. The number of hydrogen-bond acceptors (Lipinski definition) is 11. The molecule has 1 aliphatic rings. The summed E-state index contributed by atoms with van der Waals surface area (Å²) in [6, 6.07) is 20.7. The molecular weight excluding hydrogens is 656 g/mol. The lowest BCUT2D eigenvalue weighted by atomic mass is 9.85. The van der Waals surface area contributed by atoms with E-state index in [1.807, 2.05) is 36.4 Å². The molecule has 0 radical (unpaired) electrons. The summed E-state index contributed by atoms with van der Waals surface area (Å²) in [7, 11) is 6.04. The Morgan fingerprint density at radius 3 is 1.24 bits per heavy atom. The first-order valence-corrected chi connectivity index (χ1v) is 16.8. The topological polar surface area (TPSA) is 146 Å². The predicted molar refractivity (Wildman–Crippen MR) is 190 cm³/mol. The van der Waals surface area contributed by atoms with E-state index in [0.717, 1.165) is 11.1 Å². The maximum absolute atomic E-state index is 11.0. The van der Waals surface area contributed by atoms with Gasteiger partial charge < -0.3 is 53.6 Å². The van der Waals surface area contributed by atoms with Crippen molar-refractivity contribution in [1.29, 1.82) is 0 Å². The molecule has 4 aromatic rings. The minimum atomic E-state index is -0.992. The maximum atomic E-state index is 11.0. The second-order valence-corrected chi connectivity index (χ2v) is 12.9. The zero-order valence-electron chi connectivity index (χ0n) is 30.2. The Kier molecular flexibility index (Phi) is 11.7. The molecule has 4 N–H and O–H groups in total. The van der Waals surface area contributed by atoms with E-state index in [1.54, 1.807) is 52.3 Å². The van der Waals surface area contributed by atoms with Gasteiger partial charge in [-0.25, -0.2) is 0 Å². The van der Waals surface area contributed by atoms with Crippen LogP contribution in [0.1, 0.15) is 74.4 Å². The minimum Gasteiger partial charge on any atom is -0.504 e. The van der Waals surface area contributed by atoms with Crippen LogP contribution in [0.2, 0.25) is 0 Å². The molecule has 0 saturated carbocycles. The molecule has 0 unspecified atom stereocenters. The van der Waals surface area contributed by atoms with Gasteiger partial charge >= 0.3 is 0 Å². The number of aliphatic hydroxyl groups is 2. The monoisotopic (exact) mass is 704 g/mol. The van der Waals surface area contributed by atoms with E-state index in [-0.39, 0.29) is 47.0 Å². The minimum absolute atomic E-state index is 0.0140. The number of methoxy groups -OCH3 is 4. The van der Waals surface area contributed by atoms with Crippen LogP contribution in [0.3, 0.4) is 0 Å². The van der Waals surface area contributed by atoms with Gasteiger partial charge in [0.1, 0.15) is 24.4 Å². The molecule has 0 aromatic heterocycles. The van der Waals surface area contributed by atoms with Crippen LogP contribution in [-0.2, 0) is 4.74 Å². The van der Waals surface area contributed by atoms with Crippen molar-refractivity contribution in [1.82, 2.24) is 0 Å². The fraction of sp³-hybridized carbons (Fsp3) is 0.400. The second kappa shape index (κ2) is 16.0. The van der Waals surface area contributed by atoms with Crippen molar-refractivity contribution < 1.29 is 53.6 Å². The molecule has 11 heteroatoms. The van der Waals surface area contributed by atoms with Gasteiger partial charge in [-0.05, 0) is 96.5 Å². The van der Waals surface area contributed by atoms with Gasteiger partial charge in [0.25, 0.3) is 0 Å². The Morgan fingerprint density at radius 1 is 0.510 bits per heavy atom. The van der Waals surface area contributed by atoms with Crippen molar-refractivity contribution in [2.45, 2.75) is 64.3 Å².